The van der Waals surface area contributed by atoms with Gasteiger partial charge in [-0.05, 0) is 59.7 Å². The zero-order valence-corrected chi connectivity index (χ0v) is 25.8. The number of benzene rings is 4. The summed E-state index contributed by atoms with van der Waals surface area (Å²) in [6.45, 7) is 6.21. The fraction of sp³-hybridized carbons (Fsp3) is 0.342. The summed E-state index contributed by atoms with van der Waals surface area (Å²) >= 11 is 0. The van der Waals surface area contributed by atoms with Crippen molar-refractivity contribution in [1.29, 1.82) is 0 Å². The predicted molar refractivity (Wildman–Crippen MR) is 177 cm³/mol. The van der Waals surface area contributed by atoms with Crippen LogP contribution in [0.2, 0.25) is 0 Å². The fourth-order valence-electron chi connectivity index (χ4n) is 5.89. The molecular formula is C38H42N2O5. The van der Waals surface area contributed by atoms with Gasteiger partial charge >= 0.3 is 0 Å². The Labute approximate surface area is 266 Å². The number of ketones is 1. The molecule has 0 aliphatic carbocycles. The predicted octanol–water partition coefficient (Wildman–Crippen LogP) is 7.04. The minimum atomic E-state index is -0.310. The van der Waals surface area contributed by atoms with Gasteiger partial charge in [0.1, 0.15) is 30.5 Å². The minimum absolute atomic E-state index is 0.310. The molecule has 0 radical (unpaired) electrons. The van der Waals surface area contributed by atoms with Crippen molar-refractivity contribution in [2.45, 2.75) is 44.7 Å². The summed E-state index contributed by atoms with van der Waals surface area (Å²) in [5.41, 5.74) is 4.74. The lowest BCUT2D eigenvalue weighted by Crippen LogP contribution is -2.45. The quantitative estimate of drug-likeness (QED) is 0.213. The molecule has 0 saturated carbocycles. The van der Waals surface area contributed by atoms with Gasteiger partial charge < -0.3 is 28.7 Å². The van der Waals surface area contributed by atoms with Crippen LogP contribution in [0.5, 0.6) is 11.5 Å². The first-order chi connectivity index (χ1) is 22.1. The number of rotatable bonds is 8. The van der Waals surface area contributed by atoms with Crippen LogP contribution >= 0.6 is 0 Å². The normalized spacial score (nSPS) is 17.5. The molecule has 7 rings (SSSR count). The van der Waals surface area contributed by atoms with E-state index >= 15 is 0 Å². The summed E-state index contributed by atoms with van der Waals surface area (Å²) in [5, 5.41) is 0. The molecule has 7 heteroatoms. The molecule has 0 N–H and O–H groups in total. The number of piperidine rings is 2. The van der Waals surface area contributed by atoms with Crippen LogP contribution in [0.3, 0.4) is 0 Å². The smallest absolute Gasteiger partial charge is 0.171 e. The van der Waals surface area contributed by atoms with Crippen LogP contribution in [-0.4, -0.2) is 51.0 Å². The second-order valence-electron chi connectivity index (χ2n) is 11.7. The zero-order valence-electron chi connectivity index (χ0n) is 25.8. The van der Waals surface area contributed by atoms with E-state index in [1.54, 1.807) is 0 Å². The molecular weight excluding hydrogens is 564 g/mol. The summed E-state index contributed by atoms with van der Waals surface area (Å²) in [4.78, 5) is 15.9. The number of carbonyl (C=O) groups is 1. The standard InChI is InChI=1S/C20H23NO3.C18H19NO2/c1-2-4-17(5-3-1)16-22-19-8-6-18(7-9-19)21-12-10-20(11-13-21)23-14-15-24-20;20-17-10-12-19(13-11-17)16-6-8-18(9-7-16)21-14-15-4-2-1-3-5-15/h1-9H,10-16H2;1-9H,10-14H2. The Morgan fingerprint density at radius 3 is 1.42 bits per heavy atom. The summed E-state index contributed by atoms with van der Waals surface area (Å²) in [6.07, 6.45) is 3.18. The van der Waals surface area contributed by atoms with E-state index in [9.17, 15) is 4.79 Å². The van der Waals surface area contributed by atoms with Gasteiger partial charge in [-0.2, -0.15) is 0 Å². The highest BCUT2D eigenvalue weighted by atomic mass is 16.7. The fourth-order valence-corrected chi connectivity index (χ4v) is 5.89. The lowest BCUT2D eigenvalue weighted by atomic mass is 10.0. The number of carbonyl (C=O) groups excluding carboxylic acids is 1. The van der Waals surface area contributed by atoms with Crippen LogP contribution in [-0.2, 0) is 27.5 Å². The van der Waals surface area contributed by atoms with Crippen molar-refractivity contribution >= 4 is 17.2 Å². The first-order valence-electron chi connectivity index (χ1n) is 16.0. The van der Waals surface area contributed by atoms with Crippen LogP contribution in [0.15, 0.2) is 109 Å². The van der Waals surface area contributed by atoms with Crippen molar-refractivity contribution in [2.24, 2.45) is 0 Å². The molecule has 0 unspecified atom stereocenters. The van der Waals surface area contributed by atoms with Crippen LogP contribution in [0.4, 0.5) is 11.4 Å². The van der Waals surface area contributed by atoms with E-state index < -0.39 is 0 Å². The van der Waals surface area contributed by atoms with Crippen LogP contribution in [0.25, 0.3) is 0 Å². The molecule has 4 aromatic rings. The number of nitrogens with zero attached hydrogens (tertiary/aromatic N) is 2. The first-order valence-corrected chi connectivity index (χ1v) is 16.0. The van der Waals surface area contributed by atoms with Gasteiger partial charge in [-0.1, -0.05) is 60.7 Å². The van der Waals surface area contributed by atoms with E-state index in [0.29, 0.717) is 31.8 Å². The van der Waals surface area contributed by atoms with Crippen molar-refractivity contribution in [3.05, 3.63) is 120 Å². The first kappa shape index (κ1) is 30.7. The summed E-state index contributed by atoms with van der Waals surface area (Å²) in [6, 6.07) is 36.8. The molecule has 7 nitrogen and oxygen atoms in total. The Morgan fingerprint density at radius 1 is 0.556 bits per heavy atom. The van der Waals surface area contributed by atoms with E-state index in [0.717, 1.165) is 75.0 Å². The van der Waals surface area contributed by atoms with E-state index in [1.807, 2.05) is 60.7 Å². The molecule has 45 heavy (non-hydrogen) atoms. The number of Topliss-reactive ketones (excluding diaryl/α,β-unsaturated/α-hetero) is 1. The third-order valence-corrected chi connectivity index (χ3v) is 8.56. The van der Waals surface area contributed by atoms with Gasteiger partial charge in [0, 0.05) is 63.2 Å². The molecule has 4 aromatic carbocycles. The summed E-state index contributed by atoms with van der Waals surface area (Å²) in [5.74, 6) is 1.83. The highest BCUT2D eigenvalue weighted by Crippen LogP contribution is 2.33. The Kier molecular flexibility index (Phi) is 10.3. The van der Waals surface area contributed by atoms with E-state index in [2.05, 4.69) is 58.3 Å². The Bertz CT molecular complexity index is 1450. The largest absolute Gasteiger partial charge is 0.489 e. The second-order valence-corrected chi connectivity index (χ2v) is 11.7. The zero-order chi connectivity index (χ0) is 30.7. The van der Waals surface area contributed by atoms with E-state index in [-0.39, 0.29) is 5.79 Å². The van der Waals surface area contributed by atoms with Crippen molar-refractivity contribution in [3.63, 3.8) is 0 Å². The Morgan fingerprint density at radius 2 is 0.978 bits per heavy atom. The average molecular weight is 607 g/mol. The SMILES string of the molecule is O=C1CCN(c2ccc(OCc3ccccc3)cc2)CC1.c1ccc(COc2ccc(N3CCC4(CC3)OCCO4)cc2)cc1. The topological polar surface area (TPSA) is 60.5 Å². The third kappa shape index (κ3) is 8.65. The molecule has 0 atom stereocenters. The third-order valence-electron chi connectivity index (χ3n) is 8.56. The molecule has 3 aliphatic rings. The van der Waals surface area contributed by atoms with Gasteiger partial charge in [0.15, 0.2) is 5.79 Å². The van der Waals surface area contributed by atoms with Crippen molar-refractivity contribution in [2.75, 3.05) is 49.2 Å². The molecule has 1 spiro atoms. The van der Waals surface area contributed by atoms with Crippen LogP contribution < -0.4 is 19.3 Å². The van der Waals surface area contributed by atoms with Gasteiger partial charge in [0.05, 0.1) is 13.2 Å². The van der Waals surface area contributed by atoms with Gasteiger partial charge in [0.2, 0.25) is 0 Å². The highest BCUT2D eigenvalue weighted by Gasteiger charge is 2.39. The van der Waals surface area contributed by atoms with Gasteiger partial charge in [0.25, 0.3) is 0 Å². The molecule has 3 saturated heterocycles. The maximum absolute atomic E-state index is 11.3. The van der Waals surface area contributed by atoms with Crippen molar-refractivity contribution in [3.8, 4) is 11.5 Å². The maximum Gasteiger partial charge on any atom is 0.171 e. The Balaban J connectivity index is 0.000000160. The number of hydrogen-bond donors (Lipinski definition) is 0. The van der Waals surface area contributed by atoms with Gasteiger partial charge in [-0.25, -0.2) is 0 Å². The summed E-state index contributed by atoms with van der Waals surface area (Å²) in [7, 11) is 0. The molecule has 234 valence electrons. The van der Waals surface area contributed by atoms with E-state index in [4.69, 9.17) is 18.9 Å². The molecule has 3 fully saturated rings. The monoisotopic (exact) mass is 606 g/mol. The van der Waals surface area contributed by atoms with Crippen molar-refractivity contribution < 1.29 is 23.7 Å². The van der Waals surface area contributed by atoms with Crippen LogP contribution in [0, 0.1) is 0 Å². The molecule has 0 aromatic heterocycles. The molecule has 0 bridgehead atoms. The number of ether oxygens (including phenoxy) is 4. The summed E-state index contributed by atoms with van der Waals surface area (Å²) < 4.78 is 23.2. The second kappa shape index (κ2) is 15.1. The highest BCUT2D eigenvalue weighted by molar-refractivity contribution is 5.81. The van der Waals surface area contributed by atoms with E-state index in [1.165, 1.54) is 11.3 Å². The lowest BCUT2D eigenvalue weighted by molar-refractivity contribution is -0.169. The average Bonchev–Trinajstić information content (AvgIpc) is 3.56. The Hall–Kier alpha value is -4.33. The van der Waals surface area contributed by atoms with Gasteiger partial charge in [-0.15, -0.1) is 0 Å². The maximum atomic E-state index is 11.3. The number of anilines is 2. The molecule has 0 amide bonds. The van der Waals surface area contributed by atoms with Crippen molar-refractivity contribution in [1.82, 2.24) is 0 Å². The lowest BCUT2D eigenvalue weighted by Gasteiger charge is -2.38. The minimum Gasteiger partial charge on any atom is -0.489 e. The van der Waals surface area contributed by atoms with Crippen LogP contribution in [0.1, 0.15) is 36.8 Å². The van der Waals surface area contributed by atoms with Gasteiger partial charge in [-0.3, -0.25) is 4.79 Å². The molecule has 3 aliphatic heterocycles. The molecule has 3 heterocycles. The number of hydrogen-bond acceptors (Lipinski definition) is 7.